The molecular formula is C18H16INO6. The molecule has 0 amide bonds. The van der Waals surface area contributed by atoms with Crippen molar-refractivity contribution in [2.24, 2.45) is 4.99 Å². The number of hydrogen-bond donors (Lipinski definition) is 1. The lowest BCUT2D eigenvalue weighted by Gasteiger charge is -2.12. The fourth-order valence-electron chi connectivity index (χ4n) is 2.07. The van der Waals surface area contributed by atoms with Crippen LogP contribution in [-0.2, 0) is 9.53 Å². The van der Waals surface area contributed by atoms with E-state index in [-0.39, 0.29) is 0 Å². The average molecular weight is 469 g/mol. The van der Waals surface area contributed by atoms with E-state index in [0.29, 0.717) is 26.3 Å². The lowest BCUT2D eigenvalue weighted by molar-refractivity contribution is -0.139. The Morgan fingerprint density at radius 1 is 1.23 bits per heavy atom. The Labute approximate surface area is 163 Å². The second kappa shape index (κ2) is 9.18. The summed E-state index contributed by atoms with van der Waals surface area (Å²) in [7, 11) is 2.79. The lowest BCUT2D eigenvalue weighted by Crippen LogP contribution is -2.11. The molecule has 0 atom stereocenters. The molecule has 7 nitrogen and oxygen atoms in total. The Morgan fingerprint density at radius 3 is 2.65 bits per heavy atom. The van der Waals surface area contributed by atoms with Gasteiger partial charge in [0.25, 0.3) is 0 Å². The molecule has 0 fully saturated rings. The van der Waals surface area contributed by atoms with Crippen molar-refractivity contribution >= 4 is 46.4 Å². The third kappa shape index (κ3) is 5.19. The van der Waals surface area contributed by atoms with Crippen molar-refractivity contribution < 1.29 is 28.9 Å². The maximum atomic E-state index is 11.6. The number of carbonyl (C=O) groups excluding carboxylic acids is 1. The van der Waals surface area contributed by atoms with Crippen LogP contribution < -0.4 is 9.47 Å². The van der Waals surface area contributed by atoms with Gasteiger partial charge in [-0.2, -0.15) is 0 Å². The van der Waals surface area contributed by atoms with Crippen molar-refractivity contribution in [2.75, 3.05) is 20.8 Å². The molecule has 136 valence electrons. The molecule has 0 aliphatic carbocycles. The van der Waals surface area contributed by atoms with Crippen LogP contribution in [0.2, 0.25) is 0 Å². The summed E-state index contributed by atoms with van der Waals surface area (Å²) in [5.74, 6) is -0.736. The van der Waals surface area contributed by atoms with Crippen LogP contribution in [0, 0.1) is 3.57 Å². The van der Waals surface area contributed by atoms with Crippen LogP contribution in [0.15, 0.2) is 41.4 Å². The Hall–Kier alpha value is -2.62. The third-order valence-corrected chi connectivity index (χ3v) is 4.02. The van der Waals surface area contributed by atoms with Gasteiger partial charge in [-0.05, 0) is 58.5 Å². The SMILES string of the molecule is COC(=O)c1cccc(N=Cc2cc(I)c(OCC(=O)O)c(OC)c2)c1. The Balaban J connectivity index is 2.26. The highest BCUT2D eigenvalue weighted by molar-refractivity contribution is 14.1. The molecule has 0 aromatic heterocycles. The molecule has 0 heterocycles. The minimum Gasteiger partial charge on any atom is -0.493 e. The lowest BCUT2D eigenvalue weighted by atomic mass is 10.2. The molecule has 2 aromatic carbocycles. The highest BCUT2D eigenvalue weighted by atomic mass is 127. The van der Waals surface area contributed by atoms with Crippen molar-refractivity contribution in [3.05, 3.63) is 51.1 Å². The highest BCUT2D eigenvalue weighted by Crippen LogP contribution is 2.33. The zero-order valence-electron chi connectivity index (χ0n) is 14.1. The van der Waals surface area contributed by atoms with Crippen molar-refractivity contribution in [1.29, 1.82) is 0 Å². The molecular weight excluding hydrogens is 453 g/mol. The van der Waals surface area contributed by atoms with Gasteiger partial charge in [0.05, 0.1) is 29.0 Å². The predicted molar refractivity (Wildman–Crippen MR) is 104 cm³/mol. The number of aliphatic carboxylic acids is 1. The maximum absolute atomic E-state index is 11.6. The fraction of sp³-hybridized carbons (Fsp3) is 0.167. The Bertz CT molecular complexity index is 850. The number of halogens is 1. The number of carboxylic acid groups (broad SMARTS) is 1. The molecule has 0 unspecified atom stereocenters. The van der Waals surface area contributed by atoms with Gasteiger partial charge in [-0.25, -0.2) is 9.59 Å². The van der Waals surface area contributed by atoms with Crippen LogP contribution >= 0.6 is 22.6 Å². The normalized spacial score (nSPS) is 10.6. The second-order valence-corrected chi connectivity index (χ2v) is 6.18. The molecule has 0 saturated heterocycles. The number of carbonyl (C=O) groups is 2. The van der Waals surface area contributed by atoms with Gasteiger partial charge in [-0.3, -0.25) is 4.99 Å². The van der Waals surface area contributed by atoms with Crippen LogP contribution in [0.25, 0.3) is 0 Å². The van der Waals surface area contributed by atoms with E-state index < -0.39 is 18.5 Å². The second-order valence-electron chi connectivity index (χ2n) is 5.02. The molecule has 0 aliphatic rings. The summed E-state index contributed by atoms with van der Waals surface area (Å²) in [4.78, 5) is 26.6. The van der Waals surface area contributed by atoms with Crippen LogP contribution in [-0.4, -0.2) is 44.1 Å². The van der Waals surface area contributed by atoms with Crippen molar-refractivity contribution in [1.82, 2.24) is 0 Å². The maximum Gasteiger partial charge on any atom is 0.341 e. The monoisotopic (exact) mass is 469 g/mol. The number of rotatable bonds is 7. The van der Waals surface area contributed by atoms with Gasteiger partial charge in [0, 0.05) is 6.21 Å². The number of ether oxygens (including phenoxy) is 3. The zero-order valence-corrected chi connectivity index (χ0v) is 16.2. The largest absolute Gasteiger partial charge is 0.493 e. The number of hydrogen-bond acceptors (Lipinski definition) is 6. The number of nitrogens with zero attached hydrogens (tertiary/aromatic N) is 1. The molecule has 2 aromatic rings. The van der Waals surface area contributed by atoms with Gasteiger partial charge in [0.1, 0.15) is 0 Å². The molecule has 0 bridgehead atoms. The van der Waals surface area contributed by atoms with E-state index >= 15 is 0 Å². The minimum atomic E-state index is -1.07. The number of methoxy groups -OCH3 is 2. The Kier molecular flexibility index (Phi) is 6.96. The van der Waals surface area contributed by atoms with Gasteiger partial charge in [0.15, 0.2) is 18.1 Å². The molecule has 0 saturated carbocycles. The topological polar surface area (TPSA) is 94.4 Å². The van der Waals surface area contributed by atoms with E-state index in [0.717, 1.165) is 5.56 Å². The van der Waals surface area contributed by atoms with Crippen LogP contribution in [0.5, 0.6) is 11.5 Å². The third-order valence-electron chi connectivity index (χ3n) is 3.22. The van der Waals surface area contributed by atoms with Crippen LogP contribution in [0.3, 0.4) is 0 Å². The number of aliphatic imine (C=N–C) groups is 1. The van der Waals surface area contributed by atoms with E-state index in [2.05, 4.69) is 9.73 Å². The number of benzene rings is 2. The van der Waals surface area contributed by atoms with Gasteiger partial charge in [0.2, 0.25) is 0 Å². The summed E-state index contributed by atoms with van der Waals surface area (Å²) in [5.41, 5.74) is 1.73. The van der Waals surface area contributed by atoms with Crippen molar-refractivity contribution in [3.63, 3.8) is 0 Å². The molecule has 2 rings (SSSR count). The summed E-state index contributed by atoms with van der Waals surface area (Å²) >= 11 is 2.03. The summed E-state index contributed by atoms with van der Waals surface area (Å²) in [6.45, 7) is -0.458. The molecule has 26 heavy (non-hydrogen) atoms. The van der Waals surface area contributed by atoms with E-state index in [4.69, 9.17) is 14.6 Å². The van der Waals surface area contributed by atoms with Gasteiger partial charge >= 0.3 is 11.9 Å². The summed E-state index contributed by atoms with van der Waals surface area (Å²) in [6.07, 6.45) is 1.61. The van der Waals surface area contributed by atoms with E-state index in [9.17, 15) is 9.59 Å². The van der Waals surface area contributed by atoms with Crippen molar-refractivity contribution in [2.45, 2.75) is 0 Å². The molecule has 0 radical (unpaired) electrons. The van der Waals surface area contributed by atoms with Gasteiger partial charge in [-0.1, -0.05) is 6.07 Å². The standard InChI is InChI=1S/C18H16INO6/c1-24-15-7-11(6-14(19)17(15)26-10-16(21)22)9-20-13-5-3-4-12(8-13)18(23)25-2/h3-9H,10H2,1-2H3,(H,21,22). The average Bonchev–Trinajstić information content (AvgIpc) is 2.64. The number of esters is 1. The smallest absolute Gasteiger partial charge is 0.341 e. The predicted octanol–water partition coefficient (Wildman–Crippen LogP) is 3.30. The van der Waals surface area contributed by atoms with Gasteiger partial charge < -0.3 is 19.3 Å². The fourth-order valence-corrected chi connectivity index (χ4v) is 2.85. The summed E-state index contributed by atoms with van der Waals surface area (Å²) < 4.78 is 15.9. The highest BCUT2D eigenvalue weighted by Gasteiger charge is 2.12. The van der Waals surface area contributed by atoms with Gasteiger partial charge in [-0.15, -0.1) is 0 Å². The van der Waals surface area contributed by atoms with Crippen LogP contribution in [0.1, 0.15) is 15.9 Å². The first-order valence-corrected chi connectivity index (χ1v) is 8.47. The van der Waals surface area contributed by atoms with E-state index in [1.165, 1.54) is 14.2 Å². The summed E-state index contributed by atoms with van der Waals surface area (Å²) in [5, 5.41) is 8.75. The zero-order chi connectivity index (χ0) is 19.1. The molecule has 0 spiro atoms. The van der Waals surface area contributed by atoms with Crippen LogP contribution in [0.4, 0.5) is 5.69 Å². The first-order valence-electron chi connectivity index (χ1n) is 7.39. The molecule has 1 N–H and O–H groups in total. The first kappa shape index (κ1) is 19.7. The first-order chi connectivity index (χ1) is 12.4. The van der Waals surface area contributed by atoms with E-state index in [1.807, 2.05) is 22.6 Å². The Morgan fingerprint density at radius 2 is 2.00 bits per heavy atom. The van der Waals surface area contributed by atoms with Crippen molar-refractivity contribution in [3.8, 4) is 11.5 Å². The summed E-state index contributed by atoms with van der Waals surface area (Å²) in [6, 6.07) is 10.2. The number of carboxylic acids is 1. The molecule has 8 heteroatoms. The van der Waals surface area contributed by atoms with E-state index in [1.54, 1.807) is 42.6 Å². The quantitative estimate of drug-likeness (QED) is 0.380. The molecule has 0 aliphatic heterocycles. The minimum absolute atomic E-state index is 0.361.